The van der Waals surface area contributed by atoms with Gasteiger partial charge in [-0.1, -0.05) is 32.1 Å². The second-order valence-corrected chi connectivity index (χ2v) is 8.38. The van der Waals surface area contributed by atoms with Gasteiger partial charge in [-0.05, 0) is 49.4 Å². The van der Waals surface area contributed by atoms with Crippen LogP contribution in [0.1, 0.15) is 52.4 Å². The third kappa shape index (κ3) is 2.64. The van der Waals surface area contributed by atoms with E-state index in [1.165, 1.54) is 5.57 Å². The Morgan fingerprint density at radius 2 is 2.08 bits per heavy atom. The number of carbonyl (C=O) groups excluding carboxylic acids is 1. The van der Waals surface area contributed by atoms with E-state index in [1.807, 2.05) is 13.0 Å². The van der Waals surface area contributed by atoms with Gasteiger partial charge in [0.15, 0.2) is 0 Å². The molecule has 4 nitrogen and oxygen atoms in total. The lowest BCUT2D eigenvalue weighted by Gasteiger charge is -2.59. The second kappa shape index (κ2) is 6.30. The van der Waals surface area contributed by atoms with E-state index in [2.05, 4.69) is 13.5 Å². The van der Waals surface area contributed by atoms with Crippen LogP contribution in [0, 0.1) is 22.7 Å². The maximum atomic E-state index is 11.7. The van der Waals surface area contributed by atoms with Crippen molar-refractivity contribution < 1.29 is 19.7 Å². The molecule has 3 aliphatic rings. The molecule has 1 saturated heterocycles. The predicted molar refractivity (Wildman–Crippen MR) is 92.2 cm³/mol. The number of hydrogen-bond donors (Lipinski definition) is 2. The highest BCUT2D eigenvalue weighted by molar-refractivity contribution is 5.90. The van der Waals surface area contributed by atoms with Crippen molar-refractivity contribution in [2.45, 2.75) is 58.5 Å². The van der Waals surface area contributed by atoms with Gasteiger partial charge in [-0.25, -0.2) is 4.79 Å². The van der Waals surface area contributed by atoms with Gasteiger partial charge in [0.2, 0.25) is 0 Å². The lowest BCUT2D eigenvalue weighted by Crippen LogP contribution is -2.57. The first-order valence-electron chi connectivity index (χ1n) is 9.15. The Kier molecular flexibility index (Phi) is 4.65. The molecule has 0 radical (unpaired) electrons. The Morgan fingerprint density at radius 1 is 1.33 bits per heavy atom. The van der Waals surface area contributed by atoms with Gasteiger partial charge < -0.3 is 14.9 Å². The van der Waals surface area contributed by atoms with Crippen LogP contribution in [0.5, 0.6) is 0 Å². The number of cyclic esters (lactones) is 1. The van der Waals surface area contributed by atoms with Crippen molar-refractivity contribution in [1.29, 1.82) is 0 Å². The van der Waals surface area contributed by atoms with E-state index in [0.29, 0.717) is 19.4 Å². The Balaban J connectivity index is 1.88. The van der Waals surface area contributed by atoms with Crippen molar-refractivity contribution in [2.75, 3.05) is 13.2 Å². The van der Waals surface area contributed by atoms with Crippen molar-refractivity contribution >= 4 is 5.97 Å². The summed E-state index contributed by atoms with van der Waals surface area (Å²) >= 11 is 0. The van der Waals surface area contributed by atoms with Crippen LogP contribution in [-0.4, -0.2) is 35.5 Å². The average Bonchev–Trinajstić information content (AvgIpc) is 2.96. The van der Waals surface area contributed by atoms with Gasteiger partial charge in [0.05, 0.1) is 19.3 Å². The molecule has 0 spiro atoms. The lowest BCUT2D eigenvalue weighted by molar-refractivity contribution is -0.151. The van der Waals surface area contributed by atoms with Crippen LogP contribution in [-0.2, 0) is 9.53 Å². The minimum Gasteiger partial charge on any atom is -0.462 e. The van der Waals surface area contributed by atoms with Crippen LogP contribution in [0.4, 0.5) is 0 Å². The van der Waals surface area contributed by atoms with E-state index in [1.54, 1.807) is 0 Å². The van der Waals surface area contributed by atoms with Crippen LogP contribution in [0.25, 0.3) is 0 Å². The SMILES string of the molecule is C=C1CC[C@@H]2[C@](C)(CO)[C@H](O)CC[C@@]2(C)[C@@H]1C/C=C1/CCOC1=O. The standard InChI is InChI=1S/C20H30O4/c1-13-4-7-16-19(2,10-8-17(22)20(16,3)12-21)15(13)6-5-14-9-11-24-18(14)23/h5,15-17,21-22H,1,4,6-12H2,2-3H3/b14-5-/t15-,16+,17-,19+,20+/m1/s1. The Bertz CT molecular complexity index is 566. The molecule has 0 aromatic rings. The first-order chi connectivity index (χ1) is 11.3. The van der Waals surface area contributed by atoms with Gasteiger partial charge in [0, 0.05) is 17.4 Å². The first kappa shape index (κ1) is 17.7. The van der Waals surface area contributed by atoms with Gasteiger partial charge >= 0.3 is 5.97 Å². The molecule has 2 saturated carbocycles. The number of ether oxygens (including phenoxy) is 1. The summed E-state index contributed by atoms with van der Waals surface area (Å²) in [4.78, 5) is 11.7. The number of rotatable bonds is 3. The van der Waals surface area contributed by atoms with Crippen molar-refractivity contribution in [1.82, 2.24) is 0 Å². The zero-order valence-corrected chi connectivity index (χ0v) is 14.9. The molecule has 0 aromatic carbocycles. The van der Waals surface area contributed by atoms with Crippen LogP contribution in [0.2, 0.25) is 0 Å². The Morgan fingerprint density at radius 3 is 2.71 bits per heavy atom. The molecule has 5 atom stereocenters. The highest BCUT2D eigenvalue weighted by atomic mass is 16.5. The summed E-state index contributed by atoms with van der Waals surface area (Å²) in [7, 11) is 0. The molecule has 1 aliphatic heterocycles. The van der Waals surface area contributed by atoms with Crippen LogP contribution in [0.3, 0.4) is 0 Å². The molecule has 0 bridgehead atoms. The molecule has 24 heavy (non-hydrogen) atoms. The number of esters is 1. The number of hydrogen-bond acceptors (Lipinski definition) is 4. The molecule has 3 fully saturated rings. The summed E-state index contributed by atoms with van der Waals surface area (Å²) < 4.78 is 5.03. The van der Waals surface area contributed by atoms with Gasteiger partial charge in [-0.3, -0.25) is 0 Å². The lowest BCUT2D eigenvalue weighted by atomic mass is 9.46. The van der Waals surface area contributed by atoms with Crippen LogP contribution < -0.4 is 0 Å². The Hall–Kier alpha value is -1.13. The van der Waals surface area contributed by atoms with E-state index in [0.717, 1.165) is 31.3 Å². The summed E-state index contributed by atoms with van der Waals surface area (Å²) in [6.45, 7) is 9.14. The molecule has 0 unspecified atom stereocenters. The van der Waals surface area contributed by atoms with Crippen molar-refractivity contribution in [3.8, 4) is 0 Å². The van der Waals surface area contributed by atoms with Crippen LogP contribution in [0.15, 0.2) is 23.8 Å². The van der Waals surface area contributed by atoms with E-state index < -0.39 is 11.5 Å². The van der Waals surface area contributed by atoms with Crippen LogP contribution >= 0.6 is 0 Å². The fourth-order valence-corrected chi connectivity index (χ4v) is 5.53. The van der Waals surface area contributed by atoms with Gasteiger partial charge in [-0.15, -0.1) is 0 Å². The molecule has 3 rings (SSSR count). The summed E-state index contributed by atoms with van der Waals surface area (Å²) in [5, 5.41) is 20.5. The average molecular weight is 334 g/mol. The summed E-state index contributed by atoms with van der Waals surface area (Å²) in [5.74, 6) is 0.371. The second-order valence-electron chi connectivity index (χ2n) is 8.38. The molecular formula is C20H30O4. The zero-order valence-electron chi connectivity index (χ0n) is 14.9. The maximum Gasteiger partial charge on any atom is 0.333 e. The fraction of sp³-hybridized carbons (Fsp3) is 0.750. The largest absolute Gasteiger partial charge is 0.462 e. The highest BCUT2D eigenvalue weighted by Crippen LogP contribution is 2.61. The smallest absolute Gasteiger partial charge is 0.333 e. The van der Waals surface area contributed by atoms with E-state index in [4.69, 9.17) is 4.74 Å². The number of fused-ring (bicyclic) bond motifs is 1. The van der Waals surface area contributed by atoms with E-state index >= 15 is 0 Å². The monoisotopic (exact) mass is 334 g/mol. The van der Waals surface area contributed by atoms with E-state index in [9.17, 15) is 15.0 Å². The molecule has 4 heteroatoms. The maximum absolute atomic E-state index is 11.7. The zero-order chi connectivity index (χ0) is 17.5. The van der Waals surface area contributed by atoms with Gasteiger partial charge in [-0.2, -0.15) is 0 Å². The van der Waals surface area contributed by atoms with Crippen molar-refractivity contribution in [3.63, 3.8) is 0 Å². The van der Waals surface area contributed by atoms with Gasteiger partial charge in [0.1, 0.15) is 0 Å². The minimum atomic E-state index is -0.453. The summed E-state index contributed by atoms with van der Waals surface area (Å²) in [6.07, 6.45) is 6.65. The molecule has 2 N–H and O–H groups in total. The van der Waals surface area contributed by atoms with Crippen molar-refractivity contribution in [2.24, 2.45) is 22.7 Å². The number of aliphatic hydroxyl groups is 2. The molecular weight excluding hydrogens is 304 g/mol. The molecule has 134 valence electrons. The van der Waals surface area contributed by atoms with Gasteiger partial charge in [0.25, 0.3) is 0 Å². The number of allylic oxidation sites excluding steroid dienone is 2. The molecule has 0 aromatic heterocycles. The molecule has 1 heterocycles. The third-order valence-corrected chi connectivity index (χ3v) is 7.16. The topological polar surface area (TPSA) is 66.8 Å². The third-order valence-electron chi connectivity index (χ3n) is 7.16. The summed E-state index contributed by atoms with van der Waals surface area (Å²) in [5.41, 5.74) is 1.58. The van der Waals surface area contributed by atoms with Crippen molar-refractivity contribution in [3.05, 3.63) is 23.8 Å². The van der Waals surface area contributed by atoms with E-state index in [-0.39, 0.29) is 29.8 Å². The highest BCUT2D eigenvalue weighted by Gasteiger charge is 2.57. The molecule has 0 amide bonds. The summed E-state index contributed by atoms with van der Waals surface area (Å²) in [6, 6.07) is 0. The minimum absolute atomic E-state index is 0.00557. The first-order valence-corrected chi connectivity index (χ1v) is 9.15. The predicted octanol–water partition coefficient (Wildman–Crippen LogP) is 2.99. The normalized spacial score (nSPS) is 44.5. The molecule has 2 aliphatic carbocycles. The quantitative estimate of drug-likeness (QED) is 0.473. The Labute approximate surface area is 144 Å². The fourth-order valence-electron chi connectivity index (χ4n) is 5.53. The number of carbonyl (C=O) groups is 1. The number of aliphatic hydroxyl groups excluding tert-OH is 2.